The van der Waals surface area contributed by atoms with Crippen LogP contribution in [-0.4, -0.2) is 31.7 Å². The summed E-state index contributed by atoms with van der Waals surface area (Å²) in [4.78, 5) is 2.80. The molecule has 0 amide bonds. The number of anilines is 1. The number of sulfonamides is 1. The van der Waals surface area contributed by atoms with Gasteiger partial charge in [0.1, 0.15) is 16.5 Å². The maximum Gasteiger partial charge on any atom is 0.266 e. The number of hydrogen-bond donors (Lipinski definition) is 1. The van der Waals surface area contributed by atoms with Crippen molar-refractivity contribution in [2.24, 2.45) is 0 Å². The van der Waals surface area contributed by atoms with Crippen LogP contribution in [0.5, 0.6) is 0 Å². The average Bonchev–Trinajstić information content (AvgIpc) is 2.48. The molecule has 0 fully saturated rings. The van der Waals surface area contributed by atoms with Crippen molar-refractivity contribution in [3.05, 3.63) is 53.1 Å². The highest BCUT2D eigenvalue weighted by molar-refractivity contribution is 7.92. The summed E-state index contributed by atoms with van der Waals surface area (Å²) < 4.78 is 65.8. The highest BCUT2D eigenvalue weighted by Gasteiger charge is 2.28. The molecule has 23 heavy (non-hydrogen) atoms. The van der Waals surface area contributed by atoms with Crippen molar-refractivity contribution in [2.45, 2.75) is 4.90 Å². The predicted octanol–water partition coefficient (Wildman–Crippen LogP) is 2.34. The zero-order chi connectivity index (χ0) is 17.2. The normalized spacial score (nSPS) is 11.5. The molecule has 0 saturated heterocycles. The van der Waals surface area contributed by atoms with Crippen molar-refractivity contribution in [3.63, 3.8) is 0 Å². The van der Waals surface area contributed by atoms with Crippen molar-refractivity contribution in [1.29, 1.82) is 0 Å². The molecule has 0 aliphatic heterocycles. The van der Waals surface area contributed by atoms with E-state index in [0.717, 1.165) is 18.3 Å². The highest BCUT2D eigenvalue weighted by atomic mass is 35.5. The molecule has 124 valence electrons. The summed E-state index contributed by atoms with van der Waals surface area (Å²) in [5.41, 5.74) is -0.490. The lowest BCUT2D eigenvalue weighted by Crippen LogP contribution is -2.34. The molecule has 2 rings (SSSR count). The molecule has 10 heteroatoms. The molecule has 1 N–H and O–H groups in total. The molecule has 0 aliphatic rings. The van der Waals surface area contributed by atoms with E-state index in [1.807, 2.05) is 0 Å². The van der Waals surface area contributed by atoms with E-state index in [1.165, 1.54) is 0 Å². The van der Waals surface area contributed by atoms with E-state index >= 15 is 0 Å². The molecule has 0 atom stereocenters. The van der Waals surface area contributed by atoms with Gasteiger partial charge in [-0.3, -0.25) is 4.31 Å². The Morgan fingerprint density at radius 1 is 1.17 bits per heavy atom. The number of nitrogens with zero attached hydrogens (tertiary/aromatic N) is 2. The van der Waals surface area contributed by atoms with Crippen LogP contribution in [-0.2, 0) is 10.0 Å². The largest absolute Gasteiger partial charge is 0.394 e. The number of hydrogen-bond acceptors (Lipinski definition) is 4. The minimum absolute atomic E-state index is 0.490. The van der Waals surface area contributed by atoms with Crippen LogP contribution >= 0.6 is 11.6 Å². The quantitative estimate of drug-likeness (QED) is 0.825. The van der Waals surface area contributed by atoms with Gasteiger partial charge in [0.2, 0.25) is 0 Å². The fourth-order valence-corrected chi connectivity index (χ4v) is 3.34. The second-order valence-electron chi connectivity index (χ2n) is 4.34. The van der Waals surface area contributed by atoms with Crippen LogP contribution < -0.4 is 4.31 Å². The molecular formula is C13H10ClF3N2O3S. The molecule has 0 unspecified atom stereocenters. The van der Waals surface area contributed by atoms with E-state index in [1.54, 1.807) is 0 Å². The van der Waals surface area contributed by atoms with Gasteiger partial charge in [-0.05, 0) is 18.2 Å². The van der Waals surface area contributed by atoms with E-state index in [0.29, 0.717) is 16.4 Å². The van der Waals surface area contributed by atoms with E-state index < -0.39 is 56.4 Å². The molecule has 0 spiro atoms. The molecule has 1 aromatic heterocycles. The Kier molecular flexibility index (Phi) is 5.12. The van der Waals surface area contributed by atoms with Crippen molar-refractivity contribution in [1.82, 2.24) is 4.98 Å². The van der Waals surface area contributed by atoms with Gasteiger partial charge in [0.05, 0.1) is 18.8 Å². The van der Waals surface area contributed by atoms with Crippen LogP contribution in [0.15, 0.2) is 35.4 Å². The van der Waals surface area contributed by atoms with Gasteiger partial charge in [0, 0.05) is 12.3 Å². The summed E-state index contributed by atoms with van der Waals surface area (Å²) in [6, 6.07) is 2.88. The van der Waals surface area contributed by atoms with Crippen LogP contribution in [0.3, 0.4) is 0 Å². The third kappa shape index (κ3) is 3.57. The Bertz CT molecular complexity index is 833. The first-order valence-corrected chi connectivity index (χ1v) is 7.99. The highest BCUT2D eigenvalue weighted by Crippen LogP contribution is 2.27. The summed E-state index contributed by atoms with van der Waals surface area (Å²) in [5.74, 6) is -3.12. The van der Waals surface area contributed by atoms with Gasteiger partial charge in [-0.2, -0.15) is 0 Å². The van der Waals surface area contributed by atoms with Gasteiger partial charge in [-0.25, -0.2) is 26.6 Å². The first kappa shape index (κ1) is 17.5. The molecule has 0 aliphatic carbocycles. The van der Waals surface area contributed by atoms with Gasteiger partial charge < -0.3 is 5.11 Å². The summed E-state index contributed by atoms with van der Waals surface area (Å²) in [7, 11) is -4.44. The Labute approximate surface area is 135 Å². The van der Waals surface area contributed by atoms with Crippen LogP contribution in [0.25, 0.3) is 0 Å². The maximum atomic E-state index is 13.9. The molecule has 0 radical (unpaired) electrons. The summed E-state index contributed by atoms with van der Waals surface area (Å²) >= 11 is 5.39. The lowest BCUT2D eigenvalue weighted by atomic mass is 10.3. The van der Waals surface area contributed by atoms with Gasteiger partial charge in [-0.15, -0.1) is 0 Å². The van der Waals surface area contributed by atoms with Gasteiger partial charge in [0.15, 0.2) is 11.0 Å². The number of rotatable bonds is 5. The van der Waals surface area contributed by atoms with Crippen LogP contribution in [0.4, 0.5) is 18.9 Å². The smallest absolute Gasteiger partial charge is 0.266 e. The second kappa shape index (κ2) is 6.73. The summed E-state index contributed by atoms with van der Waals surface area (Å²) in [6.07, 6.45) is 0.798. The monoisotopic (exact) mass is 366 g/mol. The summed E-state index contributed by atoms with van der Waals surface area (Å²) in [5, 5.41) is 8.52. The molecular weight excluding hydrogens is 357 g/mol. The van der Waals surface area contributed by atoms with E-state index in [-0.39, 0.29) is 0 Å². The number of benzene rings is 1. The third-order valence-corrected chi connectivity index (χ3v) is 4.90. The Balaban J connectivity index is 2.56. The van der Waals surface area contributed by atoms with Gasteiger partial charge >= 0.3 is 0 Å². The van der Waals surface area contributed by atoms with Crippen LogP contribution in [0, 0.1) is 17.5 Å². The van der Waals surface area contributed by atoms with Crippen molar-refractivity contribution in [3.8, 4) is 0 Å². The summed E-state index contributed by atoms with van der Waals surface area (Å²) in [6.45, 7) is -1.16. The first-order valence-electron chi connectivity index (χ1n) is 6.17. The first-order chi connectivity index (χ1) is 10.8. The zero-order valence-electron chi connectivity index (χ0n) is 11.4. The molecule has 0 bridgehead atoms. The molecule has 0 saturated carbocycles. The van der Waals surface area contributed by atoms with Crippen molar-refractivity contribution in [2.75, 3.05) is 17.5 Å². The number of aliphatic hydroxyl groups is 1. The number of aliphatic hydroxyl groups excluding tert-OH is 1. The Morgan fingerprint density at radius 2 is 1.87 bits per heavy atom. The maximum absolute atomic E-state index is 13.9. The van der Waals surface area contributed by atoms with Crippen LogP contribution in [0.1, 0.15) is 0 Å². The fourth-order valence-electron chi connectivity index (χ4n) is 1.82. The molecule has 2 aromatic rings. The SMILES string of the molecule is O=S(=O)(c1cnc(Cl)c(F)c1)N(CCO)c1ccc(F)cc1F. The standard InChI is InChI=1S/C13H10ClF3N2O3S/c14-13-11(17)6-9(7-18-13)23(21,22)19(3-4-20)12-2-1-8(15)5-10(12)16/h1-2,5-7,20H,3-4H2. The zero-order valence-corrected chi connectivity index (χ0v) is 13.0. The van der Waals surface area contributed by atoms with Gasteiger partial charge in [0.25, 0.3) is 10.0 Å². The Hall–Kier alpha value is -1.84. The van der Waals surface area contributed by atoms with E-state index in [9.17, 15) is 21.6 Å². The average molecular weight is 367 g/mol. The third-order valence-electron chi connectivity index (χ3n) is 2.84. The minimum Gasteiger partial charge on any atom is -0.394 e. The lowest BCUT2D eigenvalue weighted by Gasteiger charge is -2.24. The molecule has 1 aromatic carbocycles. The molecule has 1 heterocycles. The lowest BCUT2D eigenvalue weighted by molar-refractivity contribution is 0.306. The minimum atomic E-state index is -4.44. The second-order valence-corrected chi connectivity index (χ2v) is 6.56. The predicted molar refractivity (Wildman–Crippen MR) is 77.2 cm³/mol. The number of pyridine rings is 1. The van der Waals surface area contributed by atoms with Crippen molar-refractivity contribution < 1.29 is 26.7 Å². The molecule has 5 nitrogen and oxygen atoms in total. The Morgan fingerprint density at radius 3 is 2.43 bits per heavy atom. The fraction of sp³-hybridized carbons (Fsp3) is 0.154. The van der Waals surface area contributed by atoms with Crippen LogP contribution in [0.2, 0.25) is 5.15 Å². The van der Waals surface area contributed by atoms with Crippen molar-refractivity contribution >= 4 is 27.3 Å². The van der Waals surface area contributed by atoms with E-state index in [4.69, 9.17) is 16.7 Å². The number of aromatic nitrogens is 1. The van der Waals surface area contributed by atoms with E-state index in [2.05, 4.69) is 4.98 Å². The topological polar surface area (TPSA) is 70.5 Å². The number of halogens is 4. The van der Waals surface area contributed by atoms with Gasteiger partial charge in [-0.1, -0.05) is 11.6 Å².